The number of benzene rings is 1. The minimum absolute atomic E-state index is 0.490. The number of anilines is 1. The first-order valence-electron chi connectivity index (χ1n) is 6.37. The van der Waals surface area contributed by atoms with Crippen molar-refractivity contribution < 1.29 is 13.2 Å². The Balaban J connectivity index is 2.20. The molecule has 0 radical (unpaired) electrons. The Morgan fingerprint density at radius 3 is 2.30 bits per heavy atom. The topological polar surface area (TPSA) is 49.9 Å². The molecule has 0 spiro atoms. The number of hydrogen-bond donors (Lipinski definition) is 0. The molecular formula is C13H19ClN2O3S. The lowest BCUT2D eigenvalue weighted by Crippen LogP contribution is -2.48. The second-order valence-electron chi connectivity index (χ2n) is 4.92. The van der Waals surface area contributed by atoms with Crippen LogP contribution >= 0.6 is 11.6 Å². The van der Waals surface area contributed by atoms with Gasteiger partial charge in [0.25, 0.3) is 0 Å². The fourth-order valence-corrected chi connectivity index (χ4v) is 3.30. The zero-order chi connectivity index (χ0) is 14.9. The Bertz CT molecular complexity index is 596. The summed E-state index contributed by atoms with van der Waals surface area (Å²) in [4.78, 5) is 2.13. The van der Waals surface area contributed by atoms with Gasteiger partial charge in [0.1, 0.15) is 5.75 Å². The first kappa shape index (κ1) is 15.4. The molecule has 20 heavy (non-hydrogen) atoms. The maximum Gasteiger partial charge on any atom is 0.211 e. The van der Waals surface area contributed by atoms with Crippen LogP contribution in [0.2, 0.25) is 5.02 Å². The quantitative estimate of drug-likeness (QED) is 0.852. The van der Waals surface area contributed by atoms with Gasteiger partial charge in [-0.2, -0.15) is 4.31 Å². The molecule has 0 aliphatic carbocycles. The van der Waals surface area contributed by atoms with Crippen molar-refractivity contribution in [3.63, 3.8) is 0 Å². The van der Waals surface area contributed by atoms with Crippen molar-refractivity contribution in [1.29, 1.82) is 0 Å². The van der Waals surface area contributed by atoms with Gasteiger partial charge in [0.05, 0.1) is 19.1 Å². The lowest BCUT2D eigenvalue weighted by Gasteiger charge is -2.35. The third-order valence-electron chi connectivity index (χ3n) is 3.51. The van der Waals surface area contributed by atoms with Crippen LogP contribution in [-0.2, 0) is 10.0 Å². The van der Waals surface area contributed by atoms with Crippen LogP contribution in [0, 0.1) is 6.92 Å². The maximum absolute atomic E-state index is 11.5. The van der Waals surface area contributed by atoms with Crippen LogP contribution in [0.4, 0.5) is 5.69 Å². The summed E-state index contributed by atoms with van der Waals surface area (Å²) >= 11 is 6.10. The molecular weight excluding hydrogens is 300 g/mol. The summed E-state index contributed by atoms with van der Waals surface area (Å²) in [5.41, 5.74) is 1.94. The van der Waals surface area contributed by atoms with Crippen LogP contribution in [0.25, 0.3) is 0 Å². The maximum atomic E-state index is 11.5. The Hall–Kier alpha value is -0.980. The molecule has 0 saturated carbocycles. The van der Waals surface area contributed by atoms with E-state index in [4.69, 9.17) is 16.3 Å². The molecule has 0 unspecified atom stereocenters. The molecule has 7 heteroatoms. The van der Waals surface area contributed by atoms with E-state index in [0.717, 1.165) is 11.3 Å². The molecule has 2 rings (SSSR count). The molecule has 1 aliphatic rings. The van der Waals surface area contributed by atoms with Gasteiger partial charge in [-0.05, 0) is 18.6 Å². The molecule has 1 fully saturated rings. The van der Waals surface area contributed by atoms with Gasteiger partial charge < -0.3 is 9.64 Å². The van der Waals surface area contributed by atoms with E-state index in [2.05, 4.69) is 4.90 Å². The molecule has 1 aromatic carbocycles. The van der Waals surface area contributed by atoms with Crippen LogP contribution in [0.5, 0.6) is 5.75 Å². The van der Waals surface area contributed by atoms with Crippen molar-refractivity contribution in [3.05, 3.63) is 22.7 Å². The molecule has 0 aromatic heterocycles. The molecule has 0 amide bonds. The number of halogens is 1. The molecule has 1 aromatic rings. The van der Waals surface area contributed by atoms with Gasteiger partial charge in [-0.3, -0.25) is 0 Å². The standard InChI is InChI=1S/C13H19ClN2O3S/c1-10-8-12(13(19-2)9-11(10)14)15-4-6-16(7-5-15)20(3,17)18/h8-9H,4-7H2,1-3H3. The minimum atomic E-state index is -3.11. The normalized spacial score (nSPS) is 17.3. The average Bonchev–Trinajstić information content (AvgIpc) is 2.40. The van der Waals surface area contributed by atoms with E-state index >= 15 is 0 Å². The van der Waals surface area contributed by atoms with Crippen LogP contribution in [0.15, 0.2) is 12.1 Å². The predicted molar refractivity (Wildman–Crippen MR) is 81.4 cm³/mol. The number of sulfonamides is 1. The molecule has 1 heterocycles. The summed E-state index contributed by atoms with van der Waals surface area (Å²) in [6, 6.07) is 3.78. The van der Waals surface area contributed by atoms with Gasteiger partial charge in [0, 0.05) is 37.3 Å². The fourth-order valence-electron chi connectivity index (χ4n) is 2.32. The van der Waals surface area contributed by atoms with E-state index < -0.39 is 10.0 Å². The van der Waals surface area contributed by atoms with E-state index in [1.807, 2.05) is 13.0 Å². The zero-order valence-corrected chi connectivity index (χ0v) is 13.5. The number of rotatable bonds is 3. The number of hydrogen-bond acceptors (Lipinski definition) is 4. The molecule has 0 atom stereocenters. The first-order chi connectivity index (χ1) is 9.32. The monoisotopic (exact) mass is 318 g/mol. The molecule has 0 N–H and O–H groups in total. The number of ether oxygens (including phenoxy) is 1. The highest BCUT2D eigenvalue weighted by atomic mass is 35.5. The summed E-state index contributed by atoms with van der Waals surface area (Å²) in [6.45, 7) is 4.21. The molecule has 112 valence electrons. The fraction of sp³-hybridized carbons (Fsp3) is 0.538. The van der Waals surface area contributed by atoms with E-state index in [1.165, 1.54) is 10.6 Å². The van der Waals surface area contributed by atoms with Crippen molar-refractivity contribution in [2.24, 2.45) is 0 Å². The second kappa shape index (κ2) is 5.79. The smallest absolute Gasteiger partial charge is 0.211 e. The highest BCUT2D eigenvalue weighted by Crippen LogP contribution is 2.34. The van der Waals surface area contributed by atoms with E-state index in [1.54, 1.807) is 13.2 Å². The highest BCUT2D eigenvalue weighted by molar-refractivity contribution is 7.88. The molecule has 0 bridgehead atoms. The van der Waals surface area contributed by atoms with E-state index in [0.29, 0.717) is 37.0 Å². The van der Waals surface area contributed by atoms with Gasteiger partial charge >= 0.3 is 0 Å². The average molecular weight is 319 g/mol. The van der Waals surface area contributed by atoms with E-state index in [-0.39, 0.29) is 0 Å². The highest BCUT2D eigenvalue weighted by Gasteiger charge is 2.25. The summed E-state index contributed by atoms with van der Waals surface area (Å²) in [5.74, 6) is 0.716. The van der Waals surface area contributed by atoms with Gasteiger partial charge in [0.2, 0.25) is 10.0 Å². The van der Waals surface area contributed by atoms with Gasteiger partial charge in [-0.15, -0.1) is 0 Å². The molecule has 1 aliphatic heterocycles. The lowest BCUT2D eigenvalue weighted by atomic mass is 10.1. The van der Waals surface area contributed by atoms with Crippen molar-refractivity contribution in [1.82, 2.24) is 4.31 Å². The Labute approximate surface area is 125 Å². The SMILES string of the molecule is COc1cc(Cl)c(C)cc1N1CCN(S(C)(=O)=O)CC1. The van der Waals surface area contributed by atoms with E-state index in [9.17, 15) is 8.42 Å². The number of piperazine rings is 1. The van der Waals surface area contributed by atoms with Gasteiger partial charge in [-0.25, -0.2) is 8.42 Å². The Morgan fingerprint density at radius 1 is 1.20 bits per heavy atom. The molecule has 5 nitrogen and oxygen atoms in total. The minimum Gasteiger partial charge on any atom is -0.495 e. The second-order valence-corrected chi connectivity index (χ2v) is 7.31. The lowest BCUT2D eigenvalue weighted by molar-refractivity contribution is 0.380. The Kier molecular flexibility index (Phi) is 4.46. The van der Waals surface area contributed by atoms with Gasteiger partial charge in [-0.1, -0.05) is 11.6 Å². The Morgan fingerprint density at radius 2 is 1.80 bits per heavy atom. The summed E-state index contributed by atoms with van der Waals surface area (Å²) < 4.78 is 29.9. The third-order valence-corrected chi connectivity index (χ3v) is 5.22. The van der Waals surface area contributed by atoms with Crippen molar-refractivity contribution in [2.45, 2.75) is 6.92 Å². The first-order valence-corrected chi connectivity index (χ1v) is 8.60. The van der Waals surface area contributed by atoms with Crippen LogP contribution in [0.3, 0.4) is 0 Å². The summed E-state index contributed by atoms with van der Waals surface area (Å²) in [5, 5.41) is 0.667. The number of methoxy groups -OCH3 is 1. The number of nitrogens with zero attached hydrogens (tertiary/aromatic N) is 2. The van der Waals surface area contributed by atoms with Crippen LogP contribution < -0.4 is 9.64 Å². The van der Waals surface area contributed by atoms with Crippen molar-refractivity contribution in [3.8, 4) is 5.75 Å². The summed E-state index contributed by atoms with van der Waals surface area (Å²) in [6.07, 6.45) is 1.25. The predicted octanol–water partition coefficient (Wildman–Crippen LogP) is 1.74. The largest absolute Gasteiger partial charge is 0.495 e. The van der Waals surface area contributed by atoms with Gasteiger partial charge in [0.15, 0.2) is 0 Å². The van der Waals surface area contributed by atoms with Crippen molar-refractivity contribution in [2.75, 3.05) is 44.4 Å². The van der Waals surface area contributed by atoms with Crippen LogP contribution in [-0.4, -0.2) is 52.3 Å². The van der Waals surface area contributed by atoms with Crippen LogP contribution in [0.1, 0.15) is 5.56 Å². The number of aryl methyl sites for hydroxylation is 1. The zero-order valence-electron chi connectivity index (χ0n) is 11.9. The third kappa shape index (κ3) is 3.19. The summed E-state index contributed by atoms with van der Waals surface area (Å²) in [7, 11) is -1.50. The van der Waals surface area contributed by atoms with Crippen molar-refractivity contribution >= 4 is 27.3 Å². The molecule has 1 saturated heterocycles.